The fraction of sp³-hybridized carbons (Fsp3) is 0.360. The van der Waals surface area contributed by atoms with Gasteiger partial charge in [0.15, 0.2) is 0 Å². The van der Waals surface area contributed by atoms with Crippen LogP contribution in [0.2, 0.25) is 0 Å². The minimum Gasteiger partial charge on any atom is -0.443 e. The number of hydroxylamine groups is 1. The highest BCUT2D eigenvalue weighted by Crippen LogP contribution is 2.17. The van der Waals surface area contributed by atoms with E-state index in [2.05, 4.69) is 6.92 Å². The third kappa shape index (κ3) is 8.26. The molecule has 0 aliphatic rings. The van der Waals surface area contributed by atoms with Crippen molar-refractivity contribution in [2.24, 2.45) is 0 Å². The number of benzene rings is 2. The summed E-state index contributed by atoms with van der Waals surface area (Å²) in [6, 6.07) is 13.7. The summed E-state index contributed by atoms with van der Waals surface area (Å²) in [5, 5.41) is 0. The Balaban J connectivity index is 1.75. The highest BCUT2D eigenvalue weighted by Gasteiger charge is 2.16. The first-order valence-corrected chi connectivity index (χ1v) is 10.4. The van der Waals surface area contributed by atoms with E-state index in [1.807, 2.05) is 74.8 Å². The number of hydrogen-bond acceptors (Lipinski definition) is 5. The van der Waals surface area contributed by atoms with Crippen molar-refractivity contribution in [1.82, 2.24) is 5.48 Å². The maximum absolute atomic E-state index is 12.3. The van der Waals surface area contributed by atoms with Gasteiger partial charge < -0.3 is 14.3 Å². The van der Waals surface area contributed by atoms with Crippen molar-refractivity contribution < 1.29 is 23.9 Å². The van der Waals surface area contributed by atoms with Crippen LogP contribution in [0, 0.1) is 20.8 Å². The molecule has 6 heteroatoms. The molecule has 0 radical (unpaired) electrons. The number of carbonyl (C=O) groups is 2. The summed E-state index contributed by atoms with van der Waals surface area (Å²) in [7, 11) is 0. The fourth-order valence-electron chi connectivity index (χ4n) is 3.30. The minimum absolute atomic E-state index is 0.0425. The van der Waals surface area contributed by atoms with Gasteiger partial charge in [-0.3, -0.25) is 0 Å². The van der Waals surface area contributed by atoms with Crippen molar-refractivity contribution >= 4 is 12.1 Å². The largest absolute Gasteiger partial charge is 0.443 e. The second kappa shape index (κ2) is 12.5. The topological polar surface area (TPSA) is 73.9 Å². The van der Waals surface area contributed by atoms with Crippen LogP contribution in [0.5, 0.6) is 0 Å². The van der Waals surface area contributed by atoms with Gasteiger partial charge in [-0.2, -0.15) is 0 Å². The molecule has 0 aliphatic carbocycles. The highest BCUT2D eigenvalue weighted by molar-refractivity contribution is 5.93. The van der Waals surface area contributed by atoms with Gasteiger partial charge in [0, 0.05) is 0 Å². The Morgan fingerprint density at radius 2 is 1.74 bits per heavy atom. The Bertz CT molecular complexity index is 869. The normalized spacial score (nSPS) is 11.9. The highest BCUT2D eigenvalue weighted by atomic mass is 16.7. The summed E-state index contributed by atoms with van der Waals surface area (Å²) in [5.41, 5.74) is 6.21. The van der Waals surface area contributed by atoms with Crippen molar-refractivity contribution in [1.29, 1.82) is 0 Å². The zero-order chi connectivity index (χ0) is 22.6. The maximum Gasteiger partial charge on any atom is 0.441 e. The first-order chi connectivity index (χ1) is 14.9. The van der Waals surface area contributed by atoms with E-state index in [0.29, 0.717) is 12.2 Å². The monoisotopic (exact) mass is 425 g/mol. The molecule has 0 saturated heterocycles. The molecule has 166 valence electrons. The second-order valence-corrected chi connectivity index (χ2v) is 7.42. The van der Waals surface area contributed by atoms with Gasteiger partial charge in [-0.1, -0.05) is 67.4 Å². The Kier molecular flexibility index (Phi) is 9.78. The second-order valence-electron chi connectivity index (χ2n) is 7.42. The van der Waals surface area contributed by atoms with E-state index in [1.54, 1.807) is 6.08 Å². The summed E-state index contributed by atoms with van der Waals surface area (Å²) in [6.45, 7) is 8.25. The van der Waals surface area contributed by atoms with Crippen LogP contribution in [-0.2, 0) is 20.9 Å². The average Bonchev–Trinajstić information content (AvgIpc) is 2.73. The smallest absolute Gasteiger partial charge is 0.441 e. The number of rotatable bonds is 9. The molecule has 0 spiro atoms. The predicted octanol–water partition coefficient (Wildman–Crippen LogP) is 5.35. The number of amides is 1. The standard InChI is InChI=1S/C25H31NO5/c1-5-10-22(30-17-21-11-7-6-8-12-21)13-9-14-29-25(28)26-31-24(27)23-19(3)15-18(2)16-20(23)4/h6-9,11-13,15-16,22H,5,10,14,17H2,1-4H3,(H,26,28)/b13-9-. The molecule has 1 N–H and O–H groups in total. The molecule has 0 fully saturated rings. The zero-order valence-electron chi connectivity index (χ0n) is 18.6. The molecule has 6 nitrogen and oxygen atoms in total. The Morgan fingerprint density at radius 3 is 2.39 bits per heavy atom. The van der Waals surface area contributed by atoms with Crippen molar-refractivity contribution in [3.8, 4) is 0 Å². The van der Waals surface area contributed by atoms with Crippen molar-refractivity contribution in [3.05, 3.63) is 82.4 Å². The minimum atomic E-state index is -0.835. The summed E-state index contributed by atoms with van der Waals surface area (Å²) < 4.78 is 11.0. The van der Waals surface area contributed by atoms with Crippen LogP contribution in [0.1, 0.15) is 52.4 Å². The molecule has 0 saturated carbocycles. The van der Waals surface area contributed by atoms with E-state index in [9.17, 15) is 9.59 Å². The van der Waals surface area contributed by atoms with E-state index < -0.39 is 12.1 Å². The van der Waals surface area contributed by atoms with E-state index in [1.165, 1.54) is 0 Å². The lowest BCUT2D eigenvalue weighted by atomic mass is 10.0. The number of hydrogen-bond donors (Lipinski definition) is 1. The van der Waals surface area contributed by atoms with Gasteiger partial charge in [-0.05, 0) is 50.0 Å². The van der Waals surface area contributed by atoms with Gasteiger partial charge in [0.1, 0.15) is 6.61 Å². The molecule has 2 aromatic carbocycles. The zero-order valence-corrected chi connectivity index (χ0v) is 18.6. The molecule has 2 aromatic rings. The van der Waals surface area contributed by atoms with Crippen LogP contribution >= 0.6 is 0 Å². The predicted molar refractivity (Wildman–Crippen MR) is 120 cm³/mol. The molecule has 1 atom stereocenters. The van der Waals surface area contributed by atoms with Gasteiger partial charge in [0.2, 0.25) is 0 Å². The molecule has 2 rings (SSSR count). The molecule has 1 amide bonds. The van der Waals surface area contributed by atoms with Crippen LogP contribution in [0.3, 0.4) is 0 Å². The summed E-state index contributed by atoms with van der Waals surface area (Å²) >= 11 is 0. The fourth-order valence-corrected chi connectivity index (χ4v) is 3.30. The van der Waals surface area contributed by atoms with E-state index >= 15 is 0 Å². The lowest BCUT2D eigenvalue weighted by Gasteiger charge is -2.13. The van der Waals surface area contributed by atoms with Crippen LogP contribution in [0.4, 0.5) is 4.79 Å². The lowest BCUT2D eigenvalue weighted by Crippen LogP contribution is -2.28. The Morgan fingerprint density at radius 1 is 1.06 bits per heavy atom. The first-order valence-electron chi connectivity index (χ1n) is 10.4. The van der Waals surface area contributed by atoms with E-state index in [0.717, 1.165) is 35.1 Å². The molecule has 0 bridgehead atoms. The van der Waals surface area contributed by atoms with Gasteiger partial charge in [-0.25, -0.2) is 9.59 Å². The molecule has 31 heavy (non-hydrogen) atoms. The number of nitrogens with one attached hydrogen (secondary N) is 1. The maximum atomic E-state index is 12.3. The lowest BCUT2D eigenvalue weighted by molar-refractivity contribution is 0.0220. The summed E-state index contributed by atoms with van der Waals surface area (Å²) in [6.07, 6.45) is 4.53. The molecule has 0 aromatic heterocycles. The molecule has 0 heterocycles. The number of carbonyl (C=O) groups excluding carboxylic acids is 2. The van der Waals surface area contributed by atoms with Gasteiger partial charge in [0.25, 0.3) is 0 Å². The third-order valence-corrected chi connectivity index (χ3v) is 4.65. The van der Waals surface area contributed by atoms with Crippen molar-refractivity contribution in [2.75, 3.05) is 6.61 Å². The average molecular weight is 426 g/mol. The summed E-state index contributed by atoms with van der Waals surface area (Å²) in [5.74, 6) is -0.625. The quantitative estimate of drug-likeness (QED) is 0.433. The third-order valence-electron chi connectivity index (χ3n) is 4.65. The van der Waals surface area contributed by atoms with Gasteiger partial charge in [0.05, 0.1) is 18.3 Å². The van der Waals surface area contributed by atoms with Crippen molar-refractivity contribution in [3.63, 3.8) is 0 Å². The Hall–Kier alpha value is -3.12. The van der Waals surface area contributed by atoms with Crippen molar-refractivity contribution in [2.45, 2.75) is 53.2 Å². The van der Waals surface area contributed by atoms with Crippen LogP contribution in [-0.4, -0.2) is 24.8 Å². The summed E-state index contributed by atoms with van der Waals surface area (Å²) in [4.78, 5) is 29.0. The van der Waals surface area contributed by atoms with Crippen LogP contribution in [0.15, 0.2) is 54.6 Å². The van der Waals surface area contributed by atoms with E-state index in [4.69, 9.17) is 14.3 Å². The van der Waals surface area contributed by atoms with Gasteiger partial charge >= 0.3 is 12.1 Å². The molecule has 1 unspecified atom stereocenters. The van der Waals surface area contributed by atoms with Crippen LogP contribution < -0.4 is 5.48 Å². The van der Waals surface area contributed by atoms with Crippen LogP contribution in [0.25, 0.3) is 0 Å². The molecular weight excluding hydrogens is 394 g/mol. The number of aryl methyl sites for hydroxylation is 3. The van der Waals surface area contributed by atoms with E-state index in [-0.39, 0.29) is 12.7 Å². The molecular formula is C25H31NO5. The molecule has 0 aliphatic heterocycles. The first kappa shape index (κ1) is 24.2. The SMILES string of the molecule is CCCC(/C=C\COC(=O)NOC(=O)c1c(C)cc(C)cc1C)OCc1ccccc1. The van der Waals surface area contributed by atoms with Gasteiger partial charge in [-0.15, -0.1) is 5.48 Å². The number of ether oxygens (including phenoxy) is 2. The Labute approximate surface area is 184 Å².